The molecule has 0 aliphatic heterocycles. The van der Waals surface area contributed by atoms with E-state index in [0.29, 0.717) is 32.8 Å². The van der Waals surface area contributed by atoms with Gasteiger partial charge in [-0.15, -0.1) is 0 Å². The fraction of sp³-hybridized carbons (Fsp3) is 0.194. The summed E-state index contributed by atoms with van der Waals surface area (Å²) in [5, 5.41) is 25.2. The van der Waals surface area contributed by atoms with Crippen molar-refractivity contribution in [2.45, 2.75) is 45.3 Å². The lowest BCUT2D eigenvalue weighted by Gasteiger charge is -2.42. The van der Waals surface area contributed by atoms with Crippen molar-refractivity contribution >= 4 is 64.4 Å². The van der Waals surface area contributed by atoms with E-state index < -0.39 is 43.7 Å². The van der Waals surface area contributed by atoms with Crippen LogP contribution in [0.2, 0.25) is 0 Å². The van der Waals surface area contributed by atoms with Crippen LogP contribution in [0.25, 0.3) is 21.5 Å². The normalized spacial score (nSPS) is 17.2. The van der Waals surface area contributed by atoms with E-state index in [1.807, 2.05) is 36.4 Å². The van der Waals surface area contributed by atoms with Crippen LogP contribution in [-0.2, 0) is 30.1 Å². The van der Waals surface area contributed by atoms with Gasteiger partial charge in [0.25, 0.3) is 0 Å². The lowest BCUT2D eigenvalue weighted by Crippen LogP contribution is -2.54. The van der Waals surface area contributed by atoms with Crippen LogP contribution in [0.4, 0.5) is 0 Å². The highest BCUT2D eigenvalue weighted by atomic mass is 16.6. The van der Waals surface area contributed by atoms with Crippen LogP contribution in [0, 0.1) is 0 Å². The molecule has 0 radical (unpaired) electrons. The maximum atomic E-state index is 13.7. The smallest absolute Gasteiger partial charge is 0.426 e. The Hall–Kier alpha value is -4.80. The number of hydrogen-bond donors (Lipinski definition) is 2. The van der Waals surface area contributed by atoms with Crippen LogP contribution in [0.3, 0.4) is 0 Å². The summed E-state index contributed by atoms with van der Waals surface area (Å²) in [6.45, 7) is 3.89. The van der Waals surface area contributed by atoms with E-state index in [-0.39, 0.29) is 24.3 Å². The molecule has 47 heavy (non-hydrogen) atoms. The van der Waals surface area contributed by atoms with Gasteiger partial charge in [0.1, 0.15) is 17.1 Å². The van der Waals surface area contributed by atoms with Crippen LogP contribution in [0.5, 0.6) is 11.5 Å². The average molecular weight is 630 g/mol. The summed E-state index contributed by atoms with van der Waals surface area (Å²) in [5.41, 5.74) is -0.211. The van der Waals surface area contributed by atoms with Crippen molar-refractivity contribution in [1.29, 1.82) is 0 Å². The lowest BCUT2D eigenvalue weighted by molar-refractivity contribution is -0.138. The minimum atomic E-state index is -1.71. The van der Waals surface area contributed by atoms with Gasteiger partial charge in [0.15, 0.2) is 5.78 Å². The number of rotatable bonds is 9. The van der Waals surface area contributed by atoms with Gasteiger partial charge < -0.3 is 28.8 Å². The standard InChI is InChI=1S/C36H32B2O9/c1-22(39)36(47-38(43)28-16-8-5-9-17-28)20-31-33(32(21-36)46-37(42)27-14-6-4-7-15-27)35(45-24(3)41)30-19-26-13-11-10-12-25(26)18-29(30)34(31)44-23(2)40/h4-19,32,42-43H,20-21H2,1-3H3/t32-,36-/m1/s1. The van der Waals surface area contributed by atoms with Crippen LogP contribution in [0.15, 0.2) is 97.1 Å². The number of carbonyl (C=O) groups is 3. The first-order valence-corrected chi connectivity index (χ1v) is 15.2. The summed E-state index contributed by atoms with van der Waals surface area (Å²) < 4.78 is 24.4. The lowest BCUT2D eigenvalue weighted by atomic mass is 9.70. The molecule has 0 saturated carbocycles. The Morgan fingerprint density at radius 3 is 1.72 bits per heavy atom. The third kappa shape index (κ3) is 6.43. The number of carbonyl (C=O) groups excluding carboxylic acids is 3. The molecule has 2 atom stereocenters. The molecule has 6 rings (SSSR count). The zero-order valence-corrected chi connectivity index (χ0v) is 26.1. The molecular weight excluding hydrogens is 598 g/mol. The highest BCUT2D eigenvalue weighted by Crippen LogP contribution is 2.53. The number of esters is 2. The summed E-state index contributed by atoms with van der Waals surface area (Å²) in [6, 6.07) is 28.5. The van der Waals surface area contributed by atoms with Gasteiger partial charge in [0.05, 0.1) is 6.10 Å². The largest absolute Gasteiger partial charge is 0.491 e. The van der Waals surface area contributed by atoms with Gasteiger partial charge in [-0.3, -0.25) is 14.4 Å². The fourth-order valence-corrected chi connectivity index (χ4v) is 6.28. The van der Waals surface area contributed by atoms with E-state index in [1.54, 1.807) is 60.7 Å². The number of ether oxygens (including phenoxy) is 2. The van der Waals surface area contributed by atoms with Gasteiger partial charge in [-0.1, -0.05) is 84.9 Å². The SMILES string of the molecule is CC(=O)Oc1c2c(c(OC(C)=O)c3cc4ccccc4cc13)[C@H](OB(O)c1ccccc1)C[C@@](OB(O)c1ccccc1)(C(C)=O)C2. The Morgan fingerprint density at radius 1 is 0.702 bits per heavy atom. The molecule has 0 saturated heterocycles. The van der Waals surface area contributed by atoms with Crippen LogP contribution < -0.4 is 20.4 Å². The van der Waals surface area contributed by atoms with Crippen molar-refractivity contribution in [3.63, 3.8) is 0 Å². The van der Waals surface area contributed by atoms with E-state index in [1.165, 1.54) is 20.8 Å². The zero-order chi connectivity index (χ0) is 33.3. The van der Waals surface area contributed by atoms with Gasteiger partial charge >= 0.3 is 26.2 Å². The number of benzene rings is 5. The molecule has 1 aliphatic rings. The minimum Gasteiger partial charge on any atom is -0.426 e. The fourth-order valence-electron chi connectivity index (χ4n) is 6.28. The molecule has 0 fully saturated rings. The maximum absolute atomic E-state index is 13.7. The highest BCUT2D eigenvalue weighted by Gasteiger charge is 2.50. The second-order valence-corrected chi connectivity index (χ2v) is 11.7. The number of fused-ring (bicyclic) bond motifs is 3. The van der Waals surface area contributed by atoms with E-state index in [9.17, 15) is 24.4 Å². The van der Waals surface area contributed by atoms with Gasteiger partial charge in [0.2, 0.25) is 0 Å². The predicted octanol–water partition coefficient (Wildman–Crippen LogP) is 3.97. The Bertz CT molecular complexity index is 1980. The Balaban J connectivity index is 1.64. The van der Waals surface area contributed by atoms with Gasteiger partial charge in [-0.05, 0) is 40.8 Å². The molecule has 11 heteroatoms. The summed E-state index contributed by atoms with van der Waals surface area (Å²) in [4.78, 5) is 39.0. The van der Waals surface area contributed by atoms with E-state index >= 15 is 0 Å². The van der Waals surface area contributed by atoms with Crippen molar-refractivity contribution in [3.8, 4) is 11.5 Å². The molecule has 236 valence electrons. The Kier molecular flexibility index (Phi) is 8.98. The number of ketones is 1. The molecule has 5 aromatic rings. The van der Waals surface area contributed by atoms with E-state index in [0.717, 1.165) is 10.8 Å². The summed E-state index contributed by atoms with van der Waals surface area (Å²) >= 11 is 0. The third-order valence-electron chi connectivity index (χ3n) is 8.45. The van der Waals surface area contributed by atoms with Crippen molar-refractivity contribution in [2.75, 3.05) is 0 Å². The molecule has 0 amide bonds. The first kappa shape index (κ1) is 32.2. The predicted molar refractivity (Wildman–Crippen MR) is 179 cm³/mol. The van der Waals surface area contributed by atoms with E-state index in [2.05, 4.69) is 0 Å². The van der Waals surface area contributed by atoms with Crippen molar-refractivity contribution < 1.29 is 43.2 Å². The topological polar surface area (TPSA) is 129 Å². The Labute approximate surface area is 272 Å². The quantitative estimate of drug-likeness (QED) is 0.108. The van der Waals surface area contributed by atoms with Crippen molar-refractivity contribution in [2.24, 2.45) is 0 Å². The molecule has 5 aromatic carbocycles. The zero-order valence-electron chi connectivity index (χ0n) is 26.1. The molecule has 0 spiro atoms. The minimum absolute atomic E-state index is 0.134. The molecule has 0 aromatic heterocycles. The molecule has 1 aliphatic carbocycles. The van der Waals surface area contributed by atoms with Crippen LogP contribution in [-0.4, -0.2) is 47.6 Å². The Morgan fingerprint density at radius 2 is 1.19 bits per heavy atom. The highest BCUT2D eigenvalue weighted by molar-refractivity contribution is 6.60. The number of hydrogen-bond acceptors (Lipinski definition) is 9. The molecule has 0 bridgehead atoms. The third-order valence-corrected chi connectivity index (χ3v) is 8.45. The van der Waals surface area contributed by atoms with Gasteiger partial charge in [-0.25, -0.2) is 0 Å². The van der Waals surface area contributed by atoms with Gasteiger partial charge in [0, 0.05) is 48.6 Å². The molecule has 9 nitrogen and oxygen atoms in total. The monoisotopic (exact) mass is 630 g/mol. The maximum Gasteiger partial charge on any atom is 0.491 e. The summed E-state index contributed by atoms with van der Waals surface area (Å²) in [6.07, 6.45) is -1.47. The summed E-state index contributed by atoms with van der Waals surface area (Å²) in [5.74, 6) is -1.37. The number of Topliss-reactive ketones (excluding diaryl/α,β-unsaturated/α-hetero) is 1. The molecule has 2 N–H and O–H groups in total. The first-order chi connectivity index (χ1) is 22.6. The van der Waals surface area contributed by atoms with Crippen molar-refractivity contribution in [3.05, 3.63) is 108 Å². The second kappa shape index (κ2) is 13.1. The van der Waals surface area contributed by atoms with Crippen LogP contribution >= 0.6 is 0 Å². The average Bonchev–Trinajstić information content (AvgIpc) is 3.05. The first-order valence-electron chi connectivity index (χ1n) is 15.2. The second-order valence-electron chi connectivity index (χ2n) is 11.7. The molecule has 0 unspecified atom stereocenters. The van der Waals surface area contributed by atoms with E-state index in [4.69, 9.17) is 18.8 Å². The molecule has 0 heterocycles. The van der Waals surface area contributed by atoms with Crippen LogP contribution in [0.1, 0.15) is 44.4 Å². The van der Waals surface area contributed by atoms with Crippen molar-refractivity contribution in [1.82, 2.24) is 0 Å². The van der Waals surface area contributed by atoms with Gasteiger partial charge in [-0.2, -0.15) is 0 Å². The summed E-state index contributed by atoms with van der Waals surface area (Å²) in [7, 11) is -2.97. The molecular formula is C36H32B2O9.